The van der Waals surface area contributed by atoms with Crippen molar-refractivity contribution in [2.24, 2.45) is 5.10 Å². The van der Waals surface area contributed by atoms with E-state index in [4.69, 9.17) is 11.6 Å². The van der Waals surface area contributed by atoms with E-state index in [1.54, 1.807) is 18.5 Å². The molecule has 3 rings (SSSR count). The SMILES string of the molecule is Oc1ccc(C2N3CC(Cl)N2C=N3)cc1. The van der Waals surface area contributed by atoms with E-state index < -0.39 is 0 Å². The Morgan fingerprint density at radius 1 is 1.33 bits per heavy atom. The van der Waals surface area contributed by atoms with Crippen molar-refractivity contribution >= 4 is 17.9 Å². The van der Waals surface area contributed by atoms with E-state index in [-0.39, 0.29) is 17.4 Å². The molecule has 0 spiro atoms. The molecule has 2 bridgehead atoms. The van der Waals surface area contributed by atoms with Crippen LogP contribution in [-0.2, 0) is 0 Å². The van der Waals surface area contributed by atoms with Gasteiger partial charge in [-0.05, 0) is 17.7 Å². The van der Waals surface area contributed by atoms with E-state index in [2.05, 4.69) is 5.10 Å². The molecule has 0 aromatic heterocycles. The Morgan fingerprint density at radius 3 is 2.60 bits per heavy atom. The smallest absolute Gasteiger partial charge is 0.146 e. The standard InChI is InChI=1S/C10H10ClN3O/c11-9-5-14-10(13(9)6-12-14)7-1-3-8(15)4-2-7/h1-4,6,9-10,15H,5H2. The summed E-state index contributed by atoms with van der Waals surface area (Å²) in [6, 6.07) is 7.14. The number of hydrogen-bond acceptors (Lipinski definition) is 4. The number of benzene rings is 1. The number of nitrogens with zero attached hydrogens (tertiary/aromatic N) is 3. The molecule has 1 fully saturated rings. The second-order valence-electron chi connectivity index (χ2n) is 3.70. The summed E-state index contributed by atoms with van der Waals surface area (Å²) in [4.78, 5) is 2.01. The van der Waals surface area contributed by atoms with Crippen molar-refractivity contribution in [3.63, 3.8) is 0 Å². The van der Waals surface area contributed by atoms with Gasteiger partial charge in [0, 0.05) is 0 Å². The Hall–Kier alpha value is -1.42. The number of halogens is 1. The molecule has 5 heteroatoms. The van der Waals surface area contributed by atoms with Gasteiger partial charge >= 0.3 is 0 Å². The van der Waals surface area contributed by atoms with Crippen molar-refractivity contribution in [3.8, 4) is 5.75 Å². The first-order valence-corrected chi connectivity index (χ1v) is 5.20. The zero-order valence-electron chi connectivity index (χ0n) is 7.92. The average molecular weight is 224 g/mol. The Labute approximate surface area is 92.4 Å². The topological polar surface area (TPSA) is 39.1 Å². The van der Waals surface area contributed by atoms with Crippen molar-refractivity contribution in [1.29, 1.82) is 0 Å². The third kappa shape index (κ3) is 1.25. The fourth-order valence-electron chi connectivity index (χ4n) is 2.02. The molecule has 2 aliphatic rings. The molecule has 2 atom stereocenters. The number of hydrogen-bond donors (Lipinski definition) is 1. The molecule has 1 aromatic rings. The summed E-state index contributed by atoms with van der Waals surface area (Å²) in [6.45, 7) is 0.740. The third-order valence-corrected chi connectivity index (χ3v) is 3.11. The number of hydrazone groups is 1. The third-order valence-electron chi connectivity index (χ3n) is 2.75. The molecule has 4 nitrogen and oxygen atoms in total. The van der Waals surface area contributed by atoms with Gasteiger partial charge in [0.25, 0.3) is 0 Å². The summed E-state index contributed by atoms with van der Waals surface area (Å²) < 4.78 is 0. The van der Waals surface area contributed by atoms with Crippen molar-refractivity contribution in [1.82, 2.24) is 9.91 Å². The molecule has 2 aliphatic heterocycles. The summed E-state index contributed by atoms with van der Waals surface area (Å²) >= 11 is 6.13. The first-order chi connectivity index (χ1) is 7.25. The van der Waals surface area contributed by atoms with Crippen LogP contribution in [0.4, 0.5) is 0 Å². The molecule has 0 aliphatic carbocycles. The number of fused-ring (bicyclic) bond motifs is 2. The van der Waals surface area contributed by atoms with Gasteiger partial charge in [0.05, 0.1) is 6.54 Å². The zero-order valence-corrected chi connectivity index (χ0v) is 8.67. The summed E-state index contributed by atoms with van der Waals surface area (Å²) in [5.41, 5.74) is 1.08. The monoisotopic (exact) mass is 223 g/mol. The summed E-state index contributed by atoms with van der Waals surface area (Å²) in [5.74, 6) is 0.275. The zero-order chi connectivity index (χ0) is 10.4. The van der Waals surface area contributed by atoms with E-state index in [1.165, 1.54) is 0 Å². The van der Waals surface area contributed by atoms with Crippen molar-refractivity contribution in [2.75, 3.05) is 6.54 Å². The molecule has 1 aromatic carbocycles. The molecule has 78 valence electrons. The minimum absolute atomic E-state index is 0.0127. The molecule has 0 amide bonds. The van der Waals surface area contributed by atoms with Crippen molar-refractivity contribution < 1.29 is 5.11 Å². The lowest BCUT2D eigenvalue weighted by atomic mass is 10.1. The van der Waals surface area contributed by atoms with E-state index in [1.807, 2.05) is 22.0 Å². The number of phenolic OH excluding ortho intramolecular Hbond substituents is 1. The first-order valence-electron chi connectivity index (χ1n) is 4.77. The van der Waals surface area contributed by atoms with Gasteiger partial charge < -0.3 is 10.0 Å². The maximum absolute atomic E-state index is 9.21. The largest absolute Gasteiger partial charge is 0.508 e. The van der Waals surface area contributed by atoms with Crippen LogP contribution in [0, 0.1) is 0 Å². The lowest BCUT2D eigenvalue weighted by Crippen LogP contribution is -2.25. The van der Waals surface area contributed by atoms with Crippen LogP contribution in [-0.4, -0.2) is 33.4 Å². The van der Waals surface area contributed by atoms with E-state index in [0.29, 0.717) is 0 Å². The summed E-state index contributed by atoms with van der Waals surface area (Å²) in [7, 11) is 0. The lowest BCUT2D eigenvalue weighted by molar-refractivity contribution is 0.237. The van der Waals surface area contributed by atoms with Crippen LogP contribution in [0.25, 0.3) is 0 Å². The predicted octanol–water partition coefficient (Wildman–Crippen LogP) is 1.53. The van der Waals surface area contributed by atoms with Crippen LogP contribution >= 0.6 is 11.6 Å². The van der Waals surface area contributed by atoms with Crippen molar-refractivity contribution in [3.05, 3.63) is 29.8 Å². The Morgan fingerprint density at radius 2 is 2.07 bits per heavy atom. The fraction of sp³-hybridized carbons (Fsp3) is 0.300. The maximum Gasteiger partial charge on any atom is 0.146 e. The number of aromatic hydroxyl groups is 1. The molecular formula is C10H10ClN3O. The molecule has 1 N–H and O–H groups in total. The van der Waals surface area contributed by atoms with Crippen LogP contribution in [0.1, 0.15) is 11.7 Å². The van der Waals surface area contributed by atoms with Gasteiger partial charge in [-0.25, -0.2) is 0 Å². The quantitative estimate of drug-likeness (QED) is 0.580. The number of phenols is 1. The van der Waals surface area contributed by atoms with Gasteiger partial charge in [-0.1, -0.05) is 23.7 Å². The molecule has 0 saturated carbocycles. The highest BCUT2D eigenvalue weighted by atomic mass is 35.5. The summed E-state index contributed by atoms with van der Waals surface area (Å²) in [5, 5.41) is 15.4. The maximum atomic E-state index is 9.21. The highest BCUT2D eigenvalue weighted by Gasteiger charge is 2.41. The number of rotatable bonds is 1. The second-order valence-corrected chi connectivity index (χ2v) is 4.20. The predicted molar refractivity (Wildman–Crippen MR) is 57.5 cm³/mol. The van der Waals surface area contributed by atoms with Gasteiger partial charge in [-0.2, -0.15) is 5.10 Å². The molecule has 2 heterocycles. The average Bonchev–Trinajstić information content (AvgIpc) is 2.75. The van der Waals surface area contributed by atoms with Crippen LogP contribution < -0.4 is 0 Å². The molecule has 0 radical (unpaired) electrons. The molecular weight excluding hydrogens is 214 g/mol. The van der Waals surface area contributed by atoms with Gasteiger partial charge in [-0.3, -0.25) is 5.01 Å². The van der Waals surface area contributed by atoms with Gasteiger partial charge in [0.15, 0.2) is 0 Å². The van der Waals surface area contributed by atoms with E-state index >= 15 is 0 Å². The van der Waals surface area contributed by atoms with Crippen LogP contribution in [0.5, 0.6) is 5.75 Å². The number of alkyl halides is 1. The van der Waals surface area contributed by atoms with E-state index in [9.17, 15) is 5.11 Å². The van der Waals surface area contributed by atoms with Gasteiger partial charge in [-0.15, -0.1) is 0 Å². The molecule has 1 saturated heterocycles. The van der Waals surface area contributed by atoms with Crippen molar-refractivity contribution in [2.45, 2.75) is 11.7 Å². The fourth-order valence-corrected chi connectivity index (χ4v) is 2.32. The van der Waals surface area contributed by atoms with E-state index in [0.717, 1.165) is 12.1 Å². The summed E-state index contributed by atoms with van der Waals surface area (Å²) in [6.07, 6.45) is 1.85. The minimum Gasteiger partial charge on any atom is -0.508 e. The van der Waals surface area contributed by atoms with Gasteiger partial charge in [0.1, 0.15) is 23.8 Å². The second kappa shape index (κ2) is 3.03. The highest BCUT2D eigenvalue weighted by Crippen LogP contribution is 2.37. The van der Waals surface area contributed by atoms with Crippen LogP contribution in [0.3, 0.4) is 0 Å². The van der Waals surface area contributed by atoms with Gasteiger partial charge in [0.2, 0.25) is 0 Å². The van der Waals surface area contributed by atoms with Crippen LogP contribution in [0.15, 0.2) is 29.4 Å². The highest BCUT2D eigenvalue weighted by molar-refractivity contribution is 6.21. The molecule has 15 heavy (non-hydrogen) atoms. The minimum atomic E-state index is -0.0127. The molecule has 2 unspecified atom stereocenters. The Kier molecular flexibility index (Phi) is 1.79. The normalized spacial score (nSPS) is 27.8. The Balaban J connectivity index is 1.94. The lowest BCUT2D eigenvalue weighted by Gasteiger charge is -2.20. The van der Waals surface area contributed by atoms with Crippen LogP contribution in [0.2, 0.25) is 0 Å². The first kappa shape index (κ1) is 8.85. The Bertz CT molecular complexity index is 406.